The minimum atomic E-state index is -0.160. The summed E-state index contributed by atoms with van der Waals surface area (Å²) in [4.78, 5) is 11.6. The van der Waals surface area contributed by atoms with Gasteiger partial charge in [0.15, 0.2) is 0 Å². The van der Waals surface area contributed by atoms with E-state index in [2.05, 4.69) is 0 Å². The quantitative estimate of drug-likeness (QED) is 0.407. The van der Waals surface area contributed by atoms with Gasteiger partial charge in [0.25, 0.3) is 0 Å². The molecule has 0 bridgehead atoms. The molecule has 0 radical (unpaired) electrons. The Kier molecular flexibility index (Phi) is 1.81. The number of amides is 1. The van der Waals surface area contributed by atoms with Gasteiger partial charge >= 0.3 is 0 Å². The molecule has 0 aromatic rings. The van der Waals surface area contributed by atoms with Crippen molar-refractivity contribution in [3.8, 4) is 0 Å². The summed E-state index contributed by atoms with van der Waals surface area (Å²) in [5, 5.41) is 1.35. The molecule has 0 atom stereocenters. The molecule has 2 rings (SSSR count). The molecule has 2 saturated heterocycles. The summed E-state index contributed by atoms with van der Waals surface area (Å²) < 4.78 is 5.23. The van der Waals surface area contributed by atoms with E-state index in [9.17, 15) is 4.79 Å². The Morgan fingerprint density at radius 2 is 2.00 bits per heavy atom. The van der Waals surface area contributed by atoms with E-state index in [0.29, 0.717) is 19.8 Å². The van der Waals surface area contributed by atoms with E-state index in [1.54, 1.807) is 0 Å². The zero-order valence-corrected chi connectivity index (χ0v) is 7.08. The van der Waals surface area contributed by atoms with Gasteiger partial charge in [-0.05, 0) is 19.3 Å². The van der Waals surface area contributed by atoms with Crippen molar-refractivity contribution in [3.63, 3.8) is 0 Å². The molecule has 0 saturated carbocycles. The third-order valence-corrected chi connectivity index (χ3v) is 3.00. The zero-order chi connectivity index (χ0) is 8.60. The van der Waals surface area contributed by atoms with Crippen LogP contribution in [0.15, 0.2) is 0 Å². The summed E-state index contributed by atoms with van der Waals surface area (Å²) in [5.74, 6) is 5.64. The SMILES string of the molecule is NN1CCC2(CCOCC2)C1=O. The van der Waals surface area contributed by atoms with E-state index in [4.69, 9.17) is 10.6 Å². The average molecular weight is 170 g/mol. The minimum Gasteiger partial charge on any atom is -0.381 e. The highest BCUT2D eigenvalue weighted by Crippen LogP contribution is 2.39. The van der Waals surface area contributed by atoms with Gasteiger partial charge in [0.05, 0.1) is 5.41 Å². The Morgan fingerprint density at radius 3 is 2.50 bits per heavy atom. The Balaban J connectivity index is 2.14. The van der Waals surface area contributed by atoms with Crippen LogP contribution < -0.4 is 5.84 Å². The number of carbonyl (C=O) groups is 1. The number of hydrogen-bond donors (Lipinski definition) is 1. The Labute approximate surface area is 71.6 Å². The fourth-order valence-electron chi connectivity index (χ4n) is 2.07. The summed E-state index contributed by atoms with van der Waals surface area (Å²) >= 11 is 0. The number of nitrogens with two attached hydrogens (primary N) is 1. The van der Waals surface area contributed by atoms with Crippen LogP contribution in [0.3, 0.4) is 0 Å². The van der Waals surface area contributed by atoms with Crippen molar-refractivity contribution in [1.82, 2.24) is 5.01 Å². The first-order valence-electron chi connectivity index (χ1n) is 4.39. The van der Waals surface area contributed by atoms with Crippen LogP contribution in [0.5, 0.6) is 0 Å². The highest BCUT2D eigenvalue weighted by Gasteiger charge is 2.46. The van der Waals surface area contributed by atoms with Gasteiger partial charge in [0, 0.05) is 19.8 Å². The first-order valence-corrected chi connectivity index (χ1v) is 4.39. The zero-order valence-electron chi connectivity index (χ0n) is 7.08. The molecule has 4 nitrogen and oxygen atoms in total. The summed E-state index contributed by atoms with van der Waals surface area (Å²) in [6.07, 6.45) is 2.60. The third kappa shape index (κ3) is 1.03. The molecule has 2 aliphatic rings. The Hall–Kier alpha value is -0.610. The van der Waals surface area contributed by atoms with Gasteiger partial charge in [-0.25, -0.2) is 5.84 Å². The van der Waals surface area contributed by atoms with Crippen LogP contribution in [-0.2, 0) is 9.53 Å². The van der Waals surface area contributed by atoms with Crippen LogP contribution in [0.4, 0.5) is 0 Å². The predicted molar refractivity (Wildman–Crippen MR) is 43.0 cm³/mol. The van der Waals surface area contributed by atoms with E-state index in [1.165, 1.54) is 5.01 Å². The molecule has 1 spiro atoms. The largest absolute Gasteiger partial charge is 0.381 e. The highest BCUT2D eigenvalue weighted by atomic mass is 16.5. The number of nitrogens with zero attached hydrogens (tertiary/aromatic N) is 1. The van der Waals surface area contributed by atoms with Crippen LogP contribution in [0.25, 0.3) is 0 Å². The second-order valence-electron chi connectivity index (χ2n) is 3.64. The molecular formula is C8H14N2O2. The maximum atomic E-state index is 11.6. The third-order valence-electron chi connectivity index (χ3n) is 3.00. The summed E-state index contributed by atoms with van der Waals surface area (Å²) in [7, 11) is 0. The lowest BCUT2D eigenvalue weighted by atomic mass is 9.79. The minimum absolute atomic E-state index is 0.116. The van der Waals surface area contributed by atoms with Gasteiger partial charge in [0.2, 0.25) is 5.91 Å². The number of hydrazine groups is 1. The molecule has 2 fully saturated rings. The summed E-state index contributed by atoms with van der Waals surface area (Å²) in [5.41, 5.74) is -0.160. The lowest BCUT2D eigenvalue weighted by Crippen LogP contribution is -2.41. The molecule has 4 heteroatoms. The first kappa shape index (κ1) is 8.01. The van der Waals surface area contributed by atoms with E-state index < -0.39 is 0 Å². The number of ether oxygens (including phenoxy) is 1. The van der Waals surface area contributed by atoms with E-state index in [1.807, 2.05) is 0 Å². The van der Waals surface area contributed by atoms with Crippen LogP contribution in [0, 0.1) is 5.41 Å². The molecule has 2 N–H and O–H groups in total. The first-order chi connectivity index (χ1) is 5.75. The van der Waals surface area contributed by atoms with Crippen molar-refractivity contribution < 1.29 is 9.53 Å². The van der Waals surface area contributed by atoms with Crippen LogP contribution >= 0.6 is 0 Å². The fourth-order valence-corrected chi connectivity index (χ4v) is 2.07. The number of hydrogen-bond acceptors (Lipinski definition) is 3. The van der Waals surface area contributed by atoms with Gasteiger partial charge in [-0.1, -0.05) is 0 Å². The van der Waals surface area contributed by atoms with Crippen LogP contribution in [0.2, 0.25) is 0 Å². The van der Waals surface area contributed by atoms with E-state index in [0.717, 1.165) is 19.3 Å². The van der Waals surface area contributed by atoms with Crippen LogP contribution in [-0.4, -0.2) is 30.7 Å². The normalized spacial score (nSPS) is 28.4. The maximum Gasteiger partial charge on any atom is 0.242 e. The standard InChI is InChI=1S/C8H14N2O2/c9-10-4-1-8(7(10)11)2-5-12-6-3-8/h1-6,9H2. The lowest BCUT2D eigenvalue weighted by Gasteiger charge is -2.30. The van der Waals surface area contributed by atoms with Gasteiger partial charge in [-0.15, -0.1) is 0 Å². The molecule has 0 unspecified atom stereocenters. The van der Waals surface area contributed by atoms with E-state index in [-0.39, 0.29) is 11.3 Å². The van der Waals surface area contributed by atoms with Crippen molar-refractivity contribution in [2.45, 2.75) is 19.3 Å². The topological polar surface area (TPSA) is 55.6 Å². The van der Waals surface area contributed by atoms with Gasteiger partial charge in [-0.3, -0.25) is 9.80 Å². The van der Waals surface area contributed by atoms with Crippen molar-refractivity contribution in [2.24, 2.45) is 11.3 Å². The summed E-state index contributed by atoms with van der Waals surface area (Å²) in [6.45, 7) is 2.12. The lowest BCUT2D eigenvalue weighted by molar-refractivity contribution is -0.140. The van der Waals surface area contributed by atoms with Crippen molar-refractivity contribution in [2.75, 3.05) is 19.8 Å². The van der Waals surface area contributed by atoms with Gasteiger partial charge < -0.3 is 4.74 Å². The molecule has 12 heavy (non-hydrogen) atoms. The van der Waals surface area contributed by atoms with Crippen molar-refractivity contribution in [1.29, 1.82) is 0 Å². The molecule has 0 aromatic heterocycles. The van der Waals surface area contributed by atoms with Crippen molar-refractivity contribution in [3.05, 3.63) is 0 Å². The smallest absolute Gasteiger partial charge is 0.242 e. The fraction of sp³-hybridized carbons (Fsp3) is 0.875. The van der Waals surface area contributed by atoms with Crippen molar-refractivity contribution >= 4 is 5.91 Å². The highest BCUT2D eigenvalue weighted by molar-refractivity contribution is 5.84. The molecule has 0 aliphatic carbocycles. The number of carbonyl (C=O) groups excluding carboxylic acids is 1. The van der Waals surface area contributed by atoms with Crippen LogP contribution in [0.1, 0.15) is 19.3 Å². The monoisotopic (exact) mass is 170 g/mol. The molecular weight excluding hydrogens is 156 g/mol. The maximum absolute atomic E-state index is 11.6. The molecule has 2 aliphatic heterocycles. The van der Waals surface area contributed by atoms with Gasteiger partial charge in [0.1, 0.15) is 0 Å². The second-order valence-corrected chi connectivity index (χ2v) is 3.64. The Morgan fingerprint density at radius 1 is 1.33 bits per heavy atom. The molecule has 2 heterocycles. The van der Waals surface area contributed by atoms with Gasteiger partial charge in [-0.2, -0.15) is 0 Å². The van der Waals surface area contributed by atoms with E-state index >= 15 is 0 Å². The summed E-state index contributed by atoms with van der Waals surface area (Å²) in [6, 6.07) is 0. The Bertz CT molecular complexity index is 194. The molecule has 0 aromatic carbocycles. The molecule has 68 valence electrons. The average Bonchev–Trinajstić information content (AvgIpc) is 2.37. The number of rotatable bonds is 0. The predicted octanol–water partition coefficient (Wildman–Crippen LogP) is -0.111. The molecule has 1 amide bonds. The second kappa shape index (κ2) is 2.71.